The number of rotatable bonds is 3. The zero-order valence-corrected chi connectivity index (χ0v) is 11.8. The Kier molecular flexibility index (Phi) is 4.25. The quantitative estimate of drug-likeness (QED) is 0.854. The predicted octanol–water partition coefficient (Wildman–Crippen LogP) is 0.168. The van der Waals surface area contributed by atoms with E-state index >= 15 is 0 Å². The van der Waals surface area contributed by atoms with E-state index < -0.39 is 11.2 Å². The normalized spacial score (nSPS) is 17.2. The fraction of sp³-hybridized carbons (Fsp3) is 0.571. The number of β-amino-alcohol motifs (C(OH)–C–C–N with tert-alkyl or cyclic N) is 1. The van der Waals surface area contributed by atoms with E-state index in [0.29, 0.717) is 25.2 Å². The minimum atomic E-state index is -0.727. The lowest BCUT2D eigenvalue weighted by atomic mass is 10.1. The summed E-state index contributed by atoms with van der Waals surface area (Å²) in [4.78, 5) is 26.9. The molecular weight excluding hydrogens is 260 g/mol. The Morgan fingerprint density at radius 3 is 2.45 bits per heavy atom. The fourth-order valence-corrected chi connectivity index (χ4v) is 2.32. The molecule has 0 saturated carbocycles. The summed E-state index contributed by atoms with van der Waals surface area (Å²) in [6, 6.07) is 2.73. The molecule has 1 aromatic heterocycles. The van der Waals surface area contributed by atoms with Crippen molar-refractivity contribution in [2.24, 2.45) is 0 Å². The molecule has 0 atom stereocenters. The van der Waals surface area contributed by atoms with Gasteiger partial charge in [-0.3, -0.25) is 9.69 Å². The molecule has 0 aromatic carbocycles. The number of carbonyl (C=O) groups excluding carboxylic acids is 1. The first-order valence-corrected chi connectivity index (χ1v) is 6.68. The molecule has 6 nitrogen and oxygen atoms in total. The molecule has 0 spiro atoms. The molecule has 1 aliphatic heterocycles. The van der Waals surface area contributed by atoms with Gasteiger partial charge in [-0.05, 0) is 19.9 Å². The Labute approximate surface area is 117 Å². The first-order chi connectivity index (χ1) is 9.35. The van der Waals surface area contributed by atoms with Gasteiger partial charge in [0.05, 0.1) is 11.2 Å². The smallest absolute Gasteiger partial charge is 0.335 e. The number of piperazine rings is 1. The van der Waals surface area contributed by atoms with E-state index in [9.17, 15) is 14.7 Å². The highest BCUT2D eigenvalue weighted by Crippen LogP contribution is 2.11. The summed E-state index contributed by atoms with van der Waals surface area (Å²) in [5.41, 5.74) is -0.799. The van der Waals surface area contributed by atoms with Crippen LogP contribution in [0.5, 0.6) is 0 Å². The van der Waals surface area contributed by atoms with E-state index in [1.165, 1.54) is 18.4 Å². The highest BCUT2D eigenvalue weighted by Gasteiger charge is 2.25. The second-order valence-electron chi connectivity index (χ2n) is 5.72. The molecule has 1 saturated heterocycles. The molecule has 2 rings (SSSR count). The summed E-state index contributed by atoms with van der Waals surface area (Å²) >= 11 is 0. The van der Waals surface area contributed by atoms with E-state index in [0.717, 1.165) is 13.1 Å². The maximum atomic E-state index is 12.2. The van der Waals surface area contributed by atoms with Crippen LogP contribution in [0.1, 0.15) is 24.2 Å². The third kappa shape index (κ3) is 3.91. The molecule has 6 heteroatoms. The predicted molar refractivity (Wildman–Crippen MR) is 73.6 cm³/mol. The molecular formula is C14H20N2O4. The zero-order chi connectivity index (χ0) is 14.8. The van der Waals surface area contributed by atoms with Gasteiger partial charge in [-0.25, -0.2) is 4.79 Å². The number of carbonyl (C=O) groups is 1. The van der Waals surface area contributed by atoms with Crippen LogP contribution >= 0.6 is 0 Å². The van der Waals surface area contributed by atoms with Gasteiger partial charge in [0.1, 0.15) is 6.26 Å². The molecule has 1 amide bonds. The summed E-state index contributed by atoms with van der Waals surface area (Å²) in [6.45, 7) is 6.81. The largest absolute Gasteiger partial charge is 0.430 e. The molecule has 1 aliphatic rings. The molecule has 1 fully saturated rings. The van der Waals surface area contributed by atoms with Gasteiger partial charge < -0.3 is 14.4 Å². The topological polar surface area (TPSA) is 74.0 Å². The van der Waals surface area contributed by atoms with Crippen molar-refractivity contribution in [1.29, 1.82) is 0 Å². The Bertz CT molecular complexity index is 504. The zero-order valence-electron chi connectivity index (χ0n) is 11.8. The van der Waals surface area contributed by atoms with Gasteiger partial charge in [-0.1, -0.05) is 0 Å². The van der Waals surface area contributed by atoms with Crippen LogP contribution in [0.2, 0.25) is 0 Å². The fourth-order valence-electron chi connectivity index (χ4n) is 2.32. The SMILES string of the molecule is CC(C)(O)CN1CCN(C(=O)c2ccc(=O)oc2)CC1. The average molecular weight is 280 g/mol. The Hall–Kier alpha value is -1.66. The van der Waals surface area contributed by atoms with Crippen molar-refractivity contribution >= 4 is 5.91 Å². The number of hydrogen-bond acceptors (Lipinski definition) is 5. The van der Waals surface area contributed by atoms with Gasteiger partial charge in [0.15, 0.2) is 0 Å². The molecule has 20 heavy (non-hydrogen) atoms. The molecule has 1 N–H and O–H groups in total. The molecule has 1 aromatic rings. The lowest BCUT2D eigenvalue weighted by molar-refractivity contribution is 0.0178. The Morgan fingerprint density at radius 1 is 1.30 bits per heavy atom. The average Bonchev–Trinajstić information content (AvgIpc) is 2.38. The first kappa shape index (κ1) is 14.7. The van der Waals surface area contributed by atoms with Gasteiger partial charge >= 0.3 is 5.63 Å². The first-order valence-electron chi connectivity index (χ1n) is 6.68. The number of aliphatic hydroxyl groups is 1. The molecule has 0 unspecified atom stereocenters. The van der Waals surface area contributed by atoms with Crippen molar-refractivity contribution in [2.45, 2.75) is 19.4 Å². The summed E-state index contributed by atoms with van der Waals surface area (Å²) in [5.74, 6) is -0.128. The van der Waals surface area contributed by atoms with Crippen LogP contribution < -0.4 is 5.63 Å². The van der Waals surface area contributed by atoms with Crippen LogP contribution in [0.25, 0.3) is 0 Å². The second-order valence-corrected chi connectivity index (χ2v) is 5.72. The Balaban J connectivity index is 1.92. The highest BCUT2D eigenvalue weighted by atomic mass is 16.4. The van der Waals surface area contributed by atoms with Gasteiger partial charge in [-0.15, -0.1) is 0 Å². The van der Waals surface area contributed by atoms with E-state index in [2.05, 4.69) is 4.90 Å². The Morgan fingerprint density at radius 2 is 1.95 bits per heavy atom. The molecule has 2 heterocycles. The van der Waals surface area contributed by atoms with Crippen LogP contribution in [0.4, 0.5) is 0 Å². The molecule has 110 valence electrons. The number of nitrogens with zero attached hydrogens (tertiary/aromatic N) is 2. The summed E-state index contributed by atoms with van der Waals surface area (Å²) in [5, 5.41) is 9.78. The standard InChI is InChI=1S/C14H20N2O4/c1-14(2,19)10-15-5-7-16(8-6-15)13(18)11-3-4-12(17)20-9-11/h3-4,9,19H,5-8,10H2,1-2H3. The molecule has 0 bridgehead atoms. The summed E-state index contributed by atoms with van der Waals surface area (Å²) in [7, 11) is 0. The maximum absolute atomic E-state index is 12.2. The van der Waals surface area contributed by atoms with Crippen LogP contribution in [-0.4, -0.2) is 59.1 Å². The van der Waals surface area contributed by atoms with Crippen LogP contribution in [0.3, 0.4) is 0 Å². The maximum Gasteiger partial charge on any atom is 0.335 e. The molecule has 0 aliphatic carbocycles. The van der Waals surface area contributed by atoms with Crippen LogP contribution in [0, 0.1) is 0 Å². The van der Waals surface area contributed by atoms with Crippen LogP contribution in [-0.2, 0) is 0 Å². The van der Waals surface area contributed by atoms with Crippen LogP contribution in [0.15, 0.2) is 27.6 Å². The second kappa shape index (κ2) is 5.76. The third-order valence-electron chi connectivity index (χ3n) is 3.22. The summed E-state index contributed by atoms with van der Waals surface area (Å²) in [6.07, 6.45) is 1.20. The van der Waals surface area contributed by atoms with Gasteiger partial charge in [-0.2, -0.15) is 0 Å². The van der Waals surface area contributed by atoms with E-state index in [1.807, 2.05) is 0 Å². The molecule has 0 radical (unpaired) electrons. The van der Waals surface area contributed by atoms with Crippen molar-refractivity contribution in [3.8, 4) is 0 Å². The van der Waals surface area contributed by atoms with E-state index in [-0.39, 0.29) is 5.91 Å². The van der Waals surface area contributed by atoms with Crippen molar-refractivity contribution in [2.75, 3.05) is 32.7 Å². The van der Waals surface area contributed by atoms with Gasteiger partial charge in [0, 0.05) is 38.8 Å². The van der Waals surface area contributed by atoms with Crippen molar-refractivity contribution in [1.82, 2.24) is 9.80 Å². The van der Waals surface area contributed by atoms with Crippen molar-refractivity contribution in [3.05, 3.63) is 34.4 Å². The monoisotopic (exact) mass is 280 g/mol. The van der Waals surface area contributed by atoms with E-state index in [1.54, 1.807) is 18.7 Å². The number of hydrogen-bond donors (Lipinski definition) is 1. The van der Waals surface area contributed by atoms with E-state index in [4.69, 9.17) is 4.42 Å². The van der Waals surface area contributed by atoms with Crippen molar-refractivity contribution in [3.63, 3.8) is 0 Å². The van der Waals surface area contributed by atoms with Gasteiger partial charge in [0.2, 0.25) is 0 Å². The highest BCUT2D eigenvalue weighted by molar-refractivity contribution is 5.93. The minimum Gasteiger partial charge on any atom is -0.430 e. The number of amides is 1. The third-order valence-corrected chi connectivity index (χ3v) is 3.22. The lowest BCUT2D eigenvalue weighted by Gasteiger charge is -2.37. The lowest BCUT2D eigenvalue weighted by Crippen LogP contribution is -2.52. The summed E-state index contributed by atoms with van der Waals surface area (Å²) < 4.78 is 4.71. The van der Waals surface area contributed by atoms with Gasteiger partial charge in [0.25, 0.3) is 5.91 Å². The minimum absolute atomic E-state index is 0.128. The van der Waals surface area contributed by atoms with Crippen molar-refractivity contribution < 1.29 is 14.3 Å².